The van der Waals surface area contributed by atoms with Crippen molar-refractivity contribution < 1.29 is 4.39 Å². The van der Waals surface area contributed by atoms with Gasteiger partial charge in [0.05, 0.1) is 5.69 Å². The number of halogens is 2. The molecule has 1 aromatic rings. The highest BCUT2D eigenvalue weighted by Gasteiger charge is 2.18. The van der Waals surface area contributed by atoms with Gasteiger partial charge in [-0.15, -0.1) is 24.0 Å². The van der Waals surface area contributed by atoms with Crippen molar-refractivity contribution in [2.45, 2.75) is 44.6 Å². The number of anilines is 1. The zero-order valence-corrected chi connectivity index (χ0v) is 18.4. The van der Waals surface area contributed by atoms with E-state index < -0.39 is 0 Å². The van der Waals surface area contributed by atoms with E-state index in [0.29, 0.717) is 12.0 Å². The first-order valence-corrected chi connectivity index (χ1v) is 10.0. The molecule has 1 heterocycles. The van der Waals surface area contributed by atoms with E-state index in [0.717, 1.165) is 51.4 Å². The van der Waals surface area contributed by atoms with E-state index in [4.69, 9.17) is 5.73 Å². The maximum Gasteiger partial charge on any atom is 0.188 e. The number of para-hydroxylation sites is 1. The molecule has 1 saturated carbocycles. The average molecular weight is 489 g/mol. The van der Waals surface area contributed by atoms with Gasteiger partial charge < -0.3 is 16.0 Å². The van der Waals surface area contributed by atoms with Gasteiger partial charge in [-0.1, -0.05) is 31.4 Å². The molecular weight excluding hydrogens is 456 g/mol. The van der Waals surface area contributed by atoms with Crippen molar-refractivity contribution in [3.8, 4) is 0 Å². The van der Waals surface area contributed by atoms with Crippen LogP contribution >= 0.6 is 24.0 Å². The first-order valence-electron chi connectivity index (χ1n) is 10.0. The lowest BCUT2D eigenvalue weighted by molar-refractivity contribution is 0.256. The van der Waals surface area contributed by atoms with Gasteiger partial charge >= 0.3 is 0 Å². The summed E-state index contributed by atoms with van der Waals surface area (Å²) >= 11 is 0. The molecule has 0 radical (unpaired) electrons. The van der Waals surface area contributed by atoms with Gasteiger partial charge in [0, 0.05) is 45.3 Å². The highest BCUT2D eigenvalue weighted by molar-refractivity contribution is 14.0. The summed E-state index contributed by atoms with van der Waals surface area (Å²) in [6, 6.07) is 7.55. The zero-order valence-electron chi connectivity index (χ0n) is 16.1. The minimum absolute atomic E-state index is 0. The molecule has 152 valence electrons. The van der Waals surface area contributed by atoms with Crippen LogP contribution < -0.4 is 16.0 Å². The summed E-state index contributed by atoms with van der Waals surface area (Å²) in [5.74, 6) is 0.470. The minimum atomic E-state index is -0.128. The Morgan fingerprint density at radius 2 is 1.81 bits per heavy atom. The summed E-state index contributed by atoms with van der Waals surface area (Å²) in [5.41, 5.74) is 6.72. The Balaban J connectivity index is 0.00000261. The summed E-state index contributed by atoms with van der Waals surface area (Å²) in [4.78, 5) is 9.04. The topological polar surface area (TPSA) is 56.9 Å². The fourth-order valence-corrected chi connectivity index (χ4v) is 3.92. The predicted molar refractivity (Wildman–Crippen MR) is 122 cm³/mol. The van der Waals surface area contributed by atoms with Crippen LogP contribution in [-0.4, -0.2) is 56.2 Å². The fraction of sp³-hybridized carbons (Fsp3) is 0.650. The van der Waals surface area contributed by atoms with E-state index in [1.54, 1.807) is 6.07 Å². The number of guanidine groups is 1. The molecule has 7 heteroatoms. The van der Waals surface area contributed by atoms with Crippen LogP contribution in [0.5, 0.6) is 0 Å². The third kappa shape index (κ3) is 7.10. The van der Waals surface area contributed by atoms with E-state index >= 15 is 0 Å². The Labute approximate surface area is 179 Å². The van der Waals surface area contributed by atoms with Gasteiger partial charge in [0.25, 0.3) is 0 Å². The van der Waals surface area contributed by atoms with Crippen molar-refractivity contribution in [1.82, 2.24) is 10.2 Å². The quantitative estimate of drug-likeness (QED) is 0.279. The molecule has 1 aromatic carbocycles. The van der Waals surface area contributed by atoms with Gasteiger partial charge in [0.2, 0.25) is 0 Å². The van der Waals surface area contributed by atoms with Crippen LogP contribution in [-0.2, 0) is 0 Å². The van der Waals surface area contributed by atoms with Crippen LogP contribution in [0.4, 0.5) is 10.1 Å². The molecule has 1 saturated heterocycles. The Morgan fingerprint density at radius 3 is 2.52 bits per heavy atom. The second kappa shape index (κ2) is 11.7. The molecule has 0 aromatic heterocycles. The minimum Gasteiger partial charge on any atom is -0.370 e. The lowest BCUT2D eigenvalue weighted by Crippen LogP contribution is -2.47. The monoisotopic (exact) mass is 489 g/mol. The zero-order chi connectivity index (χ0) is 18.2. The molecule has 0 atom stereocenters. The highest BCUT2D eigenvalue weighted by atomic mass is 127. The number of hydrogen-bond acceptors (Lipinski definition) is 3. The third-order valence-electron chi connectivity index (χ3n) is 5.44. The molecule has 0 amide bonds. The first kappa shape index (κ1) is 22.2. The Kier molecular flexibility index (Phi) is 9.61. The maximum absolute atomic E-state index is 13.9. The van der Waals surface area contributed by atoms with Crippen LogP contribution in [0.3, 0.4) is 0 Å². The average Bonchev–Trinajstić information content (AvgIpc) is 2.67. The number of nitrogens with one attached hydrogen (secondary N) is 1. The van der Waals surface area contributed by atoms with Gasteiger partial charge in [-0.2, -0.15) is 0 Å². The smallest absolute Gasteiger partial charge is 0.188 e. The van der Waals surface area contributed by atoms with E-state index in [1.807, 2.05) is 12.1 Å². The number of piperazine rings is 1. The normalized spacial score (nSPS) is 19.6. The van der Waals surface area contributed by atoms with Gasteiger partial charge in [0.1, 0.15) is 5.82 Å². The predicted octanol–water partition coefficient (Wildman–Crippen LogP) is 3.19. The van der Waals surface area contributed by atoms with Gasteiger partial charge in [-0.3, -0.25) is 9.89 Å². The lowest BCUT2D eigenvalue weighted by atomic mass is 9.96. The summed E-state index contributed by atoms with van der Waals surface area (Å²) in [6.07, 6.45) is 7.37. The summed E-state index contributed by atoms with van der Waals surface area (Å²) < 4.78 is 13.9. The van der Waals surface area contributed by atoms with Crippen LogP contribution in [0.1, 0.15) is 38.5 Å². The molecule has 3 rings (SSSR count). The molecule has 0 unspecified atom stereocenters. The van der Waals surface area contributed by atoms with E-state index in [-0.39, 0.29) is 29.8 Å². The van der Waals surface area contributed by atoms with Gasteiger partial charge in [-0.25, -0.2) is 4.39 Å². The van der Waals surface area contributed by atoms with Crippen molar-refractivity contribution in [3.05, 3.63) is 30.1 Å². The van der Waals surface area contributed by atoms with Crippen LogP contribution in [0, 0.1) is 5.82 Å². The van der Waals surface area contributed by atoms with Gasteiger partial charge in [0.15, 0.2) is 5.96 Å². The molecule has 1 aliphatic heterocycles. The molecular formula is C20H33FIN5. The molecule has 0 bridgehead atoms. The number of rotatable bonds is 6. The molecule has 1 aliphatic carbocycles. The van der Waals surface area contributed by atoms with E-state index in [1.165, 1.54) is 38.2 Å². The maximum atomic E-state index is 13.9. The third-order valence-corrected chi connectivity index (χ3v) is 5.44. The second-order valence-electron chi connectivity index (χ2n) is 7.38. The van der Waals surface area contributed by atoms with E-state index in [9.17, 15) is 4.39 Å². The molecule has 3 N–H and O–H groups in total. The largest absolute Gasteiger partial charge is 0.370 e. The van der Waals surface area contributed by atoms with Crippen molar-refractivity contribution in [2.24, 2.45) is 10.7 Å². The Hall–Kier alpha value is -1.09. The van der Waals surface area contributed by atoms with E-state index in [2.05, 4.69) is 20.1 Å². The molecule has 2 fully saturated rings. The molecule has 5 nitrogen and oxygen atoms in total. The van der Waals surface area contributed by atoms with Crippen molar-refractivity contribution in [3.63, 3.8) is 0 Å². The molecule has 2 aliphatic rings. The van der Waals surface area contributed by atoms with Crippen LogP contribution in [0.25, 0.3) is 0 Å². The standard InChI is InChI=1S/C20H32FN5.HI/c21-18-9-4-5-10-19(18)26-15-13-25(14-16-26)12-6-11-23-20(22)24-17-7-2-1-3-8-17;/h4-5,9-10,17H,1-3,6-8,11-16H2,(H3,22,23,24);1H. The number of hydrogen-bond donors (Lipinski definition) is 2. The highest BCUT2D eigenvalue weighted by Crippen LogP contribution is 2.20. The lowest BCUT2D eigenvalue weighted by Gasteiger charge is -2.36. The first-order chi connectivity index (χ1) is 12.7. The van der Waals surface area contributed by atoms with Gasteiger partial charge in [-0.05, 0) is 31.4 Å². The Morgan fingerprint density at radius 1 is 1.11 bits per heavy atom. The van der Waals surface area contributed by atoms with Crippen LogP contribution in [0.2, 0.25) is 0 Å². The molecule has 27 heavy (non-hydrogen) atoms. The fourth-order valence-electron chi connectivity index (χ4n) is 3.92. The van der Waals surface area contributed by atoms with Crippen molar-refractivity contribution in [2.75, 3.05) is 44.2 Å². The second-order valence-corrected chi connectivity index (χ2v) is 7.38. The number of aliphatic imine (C=N–C) groups is 1. The number of nitrogens with two attached hydrogens (primary N) is 1. The Bertz CT molecular complexity index is 583. The number of benzene rings is 1. The summed E-state index contributed by atoms with van der Waals surface area (Å²) in [7, 11) is 0. The summed E-state index contributed by atoms with van der Waals surface area (Å²) in [5, 5.41) is 3.36. The SMILES string of the molecule is I.NC(=NCCCN1CCN(c2ccccc2F)CC1)NC1CCCCC1. The van der Waals surface area contributed by atoms with Crippen molar-refractivity contribution in [1.29, 1.82) is 0 Å². The van der Waals surface area contributed by atoms with Crippen molar-refractivity contribution >= 4 is 35.6 Å². The summed E-state index contributed by atoms with van der Waals surface area (Å²) in [6.45, 7) is 5.46. The number of nitrogens with zero attached hydrogens (tertiary/aromatic N) is 3. The van der Waals surface area contributed by atoms with Crippen LogP contribution in [0.15, 0.2) is 29.3 Å². The molecule has 0 spiro atoms.